The van der Waals surface area contributed by atoms with E-state index in [-0.39, 0.29) is 0 Å². The summed E-state index contributed by atoms with van der Waals surface area (Å²) in [6.07, 6.45) is 5.10. The van der Waals surface area contributed by atoms with E-state index < -0.39 is 0 Å². The molecule has 1 aromatic rings. The molecule has 1 fully saturated rings. The van der Waals surface area contributed by atoms with Crippen molar-refractivity contribution in [2.45, 2.75) is 32.2 Å². The van der Waals surface area contributed by atoms with Crippen molar-refractivity contribution in [3.05, 3.63) is 10.8 Å². The van der Waals surface area contributed by atoms with Crippen molar-refractivity contribution in [3.8, 4) is 0 Å². The maximum Gasteiger partial charge on any atom is 0.148 e. The summed E-state index contributed by atoms with van der Waals surface area (Å²) in [6, 6.07) is 0.685. The van der Waals surface area contributed by atoms with Gasteiger partial charge in [0.05, 0.1) is 0 Å². The van der Waals surface area contributed by atoms with Crippen LogP contribution in [0.15, 0.2) is 10.8 Å². The molecule has 6 heteroatoms. The molecule has 0 aliphatic carbocycles. The molecule has 1 saturated heterocycles. The summed E-state index contributed by atoms with van der Waals surface area (Å²) in [5.74, 6) is 1.90. The van der Waals surface area contributed by atoms with Gasteiger partial charge in [0.2, 0.25) is 0 Å². The fourth-order valence-corrected chi connectivity index (χ4v) is 3.14. The number of nitrogens with one attached hydrogen (secondary N) is 1. The van der Waals surface area contributed by atoms with Gasteiger partial charge in [-0.3, -0.25) is 0 Å². The molecule has 0 aromatic carbocycles. The molecule has 2 rings (SSSR count). The lowest BCUT2D eigenvalue weighted by Gasteiger charge is -2.36. The number of aromatic nitrogens is 2. The smallest absolute Gasteiger partial charge is 0.148 e. The third-order valence-electron chi connectivity index (χ3n) is 3.81. The van der Waals surface area contributed by atoms with E-state index in [1.165, 1.54) is 12.8 Å². The summed E-state index contributed by atoms with van der Waals surface area (Å²) in [5, 5.41) is 3.34. The average Bonchev–Trinajstić information content (AvgIpc) is 2.46. The van der Waals surface area contributed by atoms with Crippen LogP contribution < -0.4 is 10.2 Å². The molecule has 1 aliphatic rings. The van der Waals surface area contributed by atoms with Gasteiger partial charge >= 0.3 is 0 Å². The molecule has 0 bridgehead atoms. The summed E-state index contributed by atoms with van der Waals surface area (Å²) in [4.78, 5) is 13.4. The number of halogens is 1. The van der Waals surface area contributed by atoms with Crippen molar-refractivity contribution in [1.82, 2.24) is 14.9 Å². The number of nitrogens with zero attached hydrogens (tertiary/aromatic N) is 4. The van der Waals surface area contributed by atoms with E-state index in [2.05, 4.69) is 62.0 Å². The number of piperidine rings is 1. The zero-order chi connectivity index (χ0) is 14.5. The third kappa shape index (κ3) is 3.61. The minimum atomic E-state index is 0.685. The summed E-state index contributed by atoms with van der Waals surface area (Å²) < 4.78 is 0.983. The second kappa shape index (κ2) is 7.22. The number of anilines is 2. The second-order valence-corrected chi connectivity index (χ2v) is 6.26. The molecule has 5 nitrogen and oxygen atoms in total. The van der Waals surface area contributed by atoms with E-state index in [0.717, 1.165) is 42.2 Å². The highest BCUT2D eigenvalue weighted by atomic mass is 79.9. The van der Waals surface area contributed by atoms with Gasteiger partial charge in [-0.15, -0.1) is 0 Å². The lowest BCUT2D eigenvalue weighted by molar-refractivity contribution is 0.249. The van der Waals surface area contributed by atoms with Gasteiger partial charge in [0, 0.05) is 25.7 Å². The van der Waals surface area contributed by atoms with E-state index in [1.54, 1.807) is 6.33 Å². The topological polar surface area (TPSA) is 44.3 Å². The molecule has 0 radical (unpaired) electrons. The van der Waals surface area contributed by atoms with Crippen molar-refractivity contribution in [3.63, 3.8) is 0 Å². The molecule has 1 aromatic heterocycles. The lowest BCUT2D eigenvalue weighted by Crippen LogP contribution is -2.42. The molecule has 2 heterocycles. The van der Waals surface area contributed by atoms with E-state index >= 15 is 0 Å². The number of rotatable bonds is 5. The minimum Gasteiger partial charge on any atom is -0.369 e. The highest BCUT2D eigenvalue weighted by molar-refractivity contribution is 9.10. The fourth-order valence-electron chi connectivity index (χ4n) is 2.54. The van der Waals surface area contributed by atoms with Gasteiger partial charge in [-0.1, -0.05) is 6.92 Å². The molecule has 0 spiro atoms. The zero-order valence-corrected chi connectivity index (χ0v) is 14.2. The van der Waals surface area contributed by atoms with Crippen LogP contribution in [0.4, 0.5) is 11.6 Å². The van der Waals surface area contributed by atoms with Crippen LogP contribution in [0.25, 0.3) is 0 Å². The summed E-state index contributed by atoms with van der Waals surface area (Å²) >= 11 is 3.65. The quantitative estimate of drug-likeness (QED) is 0.891. The molecular weight excluding hydrogens is 318 g/mol. The van der Waals surface area contributed by atoms with Crippen LogP contribution in [0.2, 0.25) is 0 Å². The molecule has 20 heavy (non-hydrogen) atoms. The number of hydrogen-bond acceptors (Lipinski definition) is 5. The molecule has 0 saturated carbocycles. The number of hydrogen-bond donors (Lipinski definition) is 1. The van der Waals surface area contributed by atoms with Crippen LogP contribution in [-0.4, -0.2) is 54.6 Å². The lowest BCUT2D eigenvalue weighted by atomic mass is 10.0. The van der Waals surface area contributed by atoms with E-state index in [9.17, 15) is 0 Å². The minimum absolute atomic E-state index is 0.685. The Bertz CT molecular complexity index is 430. The summed E-state index contributed by atoms with van der Waals surface area (Å²) in [7, 11) is 4.32. The SMILES string of the molecule is CCCNc1ncnc(N2CCC(N(C)C)CC2)c1Br. The third-order valence-corrected chi connectivity index (χ3v) is 4.54. The van der Waals surface area contributed by atoms with E-state index in [0.29, 0.717) is 6.04 Å². The first-order valence-electron chi connectivity index (χ1n) is 7.29. The molecule has 0 unspecified atom stereocenters. The highest BCUT2D eigenvalue weighted by Gasteiger charge is 2.23. The monoisotopic (exact) mass is 341 g/mol. The van der Waals surface area contributed by atoms with Crippen molar-refractivity contribution in [1.29, 1.82) is 0 Å². The van der Waals surface area contributed by atoms with E-state index in [4.69, 9.17) is 0 Å². The van der Waals surface area contributed by atoms with Gasteiger partial charge in [0.1, 0.15) is 22.4 Å². The Morgan fingerprint density at radius 3 is 2.65 bits per heavy atom. The first-order valence-corrected chi connectivity index (χ1v) is 8.08. The molecular formula is C14H24BrN5. The molecule has 1 N–H and O–H groups in total. The van der Waals surface area contributed by atoms with Gasteiger partial charge in [0.15, 0.2) is 0 Å². The molecule has 0 amide bonds. The standard InChI is InChI=1S/C14H24BrN5/c1-4-7-16-13-12(15)14(18-10-17-13)20-8-5-11(6-9-20)19(2)3/h10-11H,4-9H2,1-3H3,(H,16,17,18). The maximum absolute atomic E-state index is 4.45. The van der Waals surface area contributed by atoms with Crippen molar-refractivity contribution < 1.29 is 0 Å². The Labute approximate surface area is 129 Å². The van der Waals surface area contributed by atoms with Gasteiger partial charge in [-0.25, -0.2) is 9.97 Å². The molecule has 0 atom stereocenters. The second-order valence-electron chi connectivity index (χ2n) is 5.47. The van der Waals surface area contributed by atoms with Crippen molar-refractivity contribution in [2.75, 3.05) is 43.9 Å². The van der Waals surface area contributed by atoms with Gasteiger partial charge in [-0.2, -0.15) is 0 Å². The first-order chi connectivity index (χ1) is 9.63. The first kappa shape index (κ1) is 15.5. The Hall–Kier alpha value is -0.880. The van der Waals surface area contributed by atoms with Crippen LogP contribution in [-0.2, 0) is 0 Å². The zero-order valence-electron chi connectivity index (χ0n) is 12.6. The van der Waals surface area contributed by atoms with Gasteiger partial charge < -0.3 is 15.1 Å². The van der Waals surface area contributed by atoms with Crippen LogP contribution >= 0.6 is 15.9 Å². The van der Waals surface area contributed by atoms with Gasteiger partial charge in [0.25, 0.3) is 0 Å². The van der Waals surface area contributed by atoms with Crippen LogP contribution in [0.3, 0.4) is 0 Å². The Morgan fingerprint density at radius 1 is 1.35 bits per heavy atom. The van der Waals surface area contributed by atoms with E-state index in [1.807, 2.05) is 0 Å². The Kier molecular flexibility index (Phi) is 5.60. The predicted molar refractivity (Wildman–Crippen MR) is 87.4 cm³/mol. The summed E-state index contributed by atoms with van der Waals surface area (Å²) in [6.45, 7) is 5.17. The average molecular weight is 342 g/mol. The largest absolute Gasteiger partial charge is 0.369 e. The molecule has 112 valence electrons. The Morgan fingerprint density at radius 2 is 2.05 bits per heavy atom. The fraction of sp³-hybridized carbons (Fsp3) is 0.714. The van der Waals surface area contributed by atoms with Crippen molar-refractivity contribution >= 4 is 27.6 Å². The Balaban J connectivity index is 2.06. The van der Waals surface area contributed by atoms with Crippen LogP contribution in [0, 0.1) is 0 Å². The predicted octanol–water partition coefficient (Wildman–Crippen LogP) is 2.59. The van der Waals surface area contributed by atoms with Gasteiger partial charge in [-0.05, 0) is 49.3 Å². The highest BCUT2D eigenvalue weighted by Crippen LogP contribution is 2.31. The van der Waals surface area contributed by atoms with Crippen molar-refractivity contribution in [2.24, 2.45) is 0 Å². The normalized spacial score (nSPS) is 16.8. The van der Waals surface area contributed by atoms with Crippen LogP contribution in [0.1, 0.15) is 26.2 Å². The maximum atomic E-state index is 4.45. The summed E-state index contributed by atoms with van der Waals surface area (Å²) in [5.41, 5.74) is 0. The molecule has 1 aliphatic heterocycles. The van der Waals surface area contributed by atoms with Crippen LogP contribution in [0.5, 0.6) is 0 Å².